The second-order valence-electron chi connectivity index (χ2n) is 23.8. The zero-order chi connectivity index (χ0) is 59.8. The standard InChI is InChI=1S/C56H98N12O11/c1-16-17-18-19-20-21-23-38(61-49(74)43-24-22-29-68(43)50(75)42-33-79-37(8)60-42)45(70)62-40(31-35(4)5)47(72)65-55(11,12)52(77)64-39(30-34(2)3)46(71)63-41(32-36(6)7)48(73)66-56(13,14)53(78)67-54(9,10)51(76)59-26-25-44(69)58-28-27-57-15/h33-36,38-41,43,57H,16-32H2,1-15H3,(H,58,69)(H,59,76)(H,61,74)(H,62,70)(H,63,71)(H,64,77)(H,65,72)(H,66,73)(H,67,78)/t38-,39-,40-,41-,43-/m0/s1. The quantitative estimate of drug-likeness (QED) is 0.0438. The molecular formula is C56H98N12O11. The number of carbonyl (C=O) groups is 10. The lowest BCUT2D eigenvalue weighted by atomic mass is 9.96. The van der Waals surface area contributed by atoms with Gasteiger partial charge in [0.25, 0.3) is 5.91 Å². The van der Waals surface area contributed by atoms with Crippen molar-refractivity contribution in [3.8, 4) is 0 Å². The molecule has 10 N–H and O–H groups in total. The van der Waals surface area contributed by atoms with E-state index in [9.17, 15) is 47.9 Å². The fourth-order valence-corrected chi connectivity index (χ4v) is 8.88. The minimum atomic E-state index is -1.64. The average molecular weight is 1120 g/mol. The SMILES string of the molecule is CCCCCCCC[C@H](NC(=O)[C@@H]1CCCN1C(=O)c1coc(C)n1)C(=O)N[C@@H](CC(C)C)C(=O)NC(C)(C)C(=O)N[C@@H](CC(C)C)C(=O)N[C@@H](CC(C)C)C(=O)NC(C)(C)C(=O)NC(C)(C)C(=O)NCCC(=O)NCCNC. The van der Waals surface area contributed by atoms with Crippen LogP contribution in [-0.4, -0.2) is 149 Å². The van der Waals surface area contributed by atoms with Gasteiger partial charge in [0.1, 0.15) is 53.1 Å². The normalized spacial score (nSPS) is 15.4. The number of hydrogen-bond acceptors (Lipinski definition) is 13. The summed E-state index contributed by atoms with van der Waals surface area (Å²) in [5.74, 6) is -5.80. The van der Waals surface area contributed by atoms with Crippen LogP contribution in [0, 0.1) is 24.7 Å². The second-order valence-corrected chi connectivity index (χ2v) is 23.8. The van der Waals surface area contributed by atoms with Crippen molar-refractivity contribution < 1.29 is 52.4 Å². The lowest BCUT2D eigenvalue weighted by Gasteiger charge is -2.34. The lowest BCUT2D eigenvalue weighted by Crippen LogP contribution is -2.65. The van der Waals surface area contributed by atoms with Gasteiger partial charge >= 0.3 is 0 Å². The van der Waals surface area contributed by atoms with E-state index >= 15 is 0 Å². The molecule has 1 aliphatic heterocycles. The number of oxazole rings is 1. The van der Waals surface area contributed by atoms with Crippen LogP contribution >= 0.6 is 0 Å². The Balaban J connectivity index is 2.25. The number of rotatable bonds is 35. The topological polar surface area (TPSA) is 320 Å². The van der Waals surface area contributed by atoms with Crippen LogP contribution in [0.3, 0.4) is 0 Å². The third-order valence-corrected chi connectivity index (χ3v) is 13.5. The smallest absolute Gasteiger partial charge is 0.276 e. The minimum absolute atomic E-state index is 0.0326. The highest BCUT2D eigenvalue weighted by Crippen LogP contribution is 2.22. The van der Waals surface area contributed by atoms with Crippen LogP contribution in [0.4, 0.5) is 0 Å². The van der Waals surface area contributed by atoms with Crippen molar-refractivity contribution in [1.82, 2.24) is 63.1 Å². The lowest BCUT2D eigenvalue weighted by molar-refractivity contribution is -0.139. The number of aromatic nitrogens is 1. The van der Waals surface area contributed by atoms with E-state index in [-0.39, 0.29) is 68.0 Å². The van der Waals surface area contributed by atoms with E-state index in [0.29, 0.717) is 44.8 Å². The summed E-state index contributed by atoms with van der Waals surface area (Å²) in [6, 6.07) is -5.36. The van der Waals surface area contributed by atoms with Crippen molar-refractivity contribution in [3.05, 3.63) is 17.8 Å². The number of likely N-dealkylation sites (N-methyl/N-ethyl adjacent to an activating group) is 1. The first-order valence-electron chi connectivity index (χ1n) is 28.5. The van der Waals surface area contributed by atoms with E-state index in [1.54, 1.807) is 14.0 Å². The predicted octanol–water partition coefficient (Wildman–Crippen LogP) is 2.94. The van der Waals surface area contributed by atoms with Crippen molar-refractivity contribution in [2.75, 3.05) is 33.2 Å². The van der Waals surface area contributed by atoms with Crippen LogP contribution < -0.4 is 53.2 Å². The molecule has 448 valence electrons. The van der Waals surface area contributed by atoms with Crippen molar-refractivity contribution in [2.24, 2.45) is 17.8 Å². The van der Waals surface area contributed by atoms with Crippen LogP contribution in [0.5, 0.6) is 0 Å². The van der Waals surface area contributed by atoms with Crippen molar-refractivity contribution in [2.45, 2.75) is 227 Å². The van der Waals surface area contributed by atoms with E-state index in [1.165, 1.54) is 52.7 Å². The van der Waals surface area contributed by atoms with Crippen LogP contribution in [0.15, 0.2) is 10.7 Å². The molecule has 1 saturated heterocycles. The molecule has 5 atom stereocenters. The van der Waals surface area contributed by atoms with Gasteiger partial charge in [-0.1, -0.05) is 87.0 Å². The van der Waals surface area contributed by atoms with Crippen molar-refractivity contribution in [1.29, 1.82) is 0 Å². The van der Waals surface area contributed by atoms with Crippen molar-refractivity contribution >= 4 is 59.1 Å². The third kappa shape index (κ3) is 24.0. The number of aryl methyl sites for hydroxylation is 1. The number of carbonyl (C=O) groups excluding carboxylic acids is 10. The number of amides is 10. The molecule has 1 aromatic heterocycles. The van der Waals surface area contributed by atoms with Crippen LogP contribution in [0.2, 0.25) is 0 Å². The number of nitrogens with one attached hydrogen (secondary N) is 10. The van der Waals surface area contributed by atoms with Gasteiger partial charge in [-0.3, -0.25) is 47.9 Å². The Bertz CT molecular complexity index is 2210. The molecule has 0 radical (unpaired) electrons. The van der Waals surface area contributed by atoms with E-state index in [0.717, 1.165) is 32.1 Å². The Kier molecular flexibility index (Phi) is 28.7. The summed E-state index contributed by atoms with van der Waals surface area (Å²) in [6.45, 7) is 25.1. The minimum Gasteiger partial charge on any atom is -0.448 e. The first-order valence-corrected chi connectivity index (χ1v) is 28.5. The molecule has 2 rings (SSSR count). The van der Waals surface area contributed by atoms with Gasteiger partial charge in [0.05, 0.1) is 0 Å². The molecule has 1 fully saturated rings. The van der Waals surface area contributed by atoms with Crippen LogP contribution in [0.1, 0.15) is 190 Å². The van der Waals surface area contributed by atoms with Crippen molar-refractivity contribution in [3.63, 3.8) is 0 Å². The molecule has 23 heteroatoms. The molecule has 0 aliphatic carbocycles. The highest BCUT2D eigenvalue weighted by atomic mass is 16.3. The molecule has 0 aromatic carbocycles. The maximum atomic E-state index is 14.3. The number of nitrogens with zero attached hydrogens (tertiary/aromatic N) is 2. The molecule has 10 amide bonds. The zero-order valence-electron chi connectivity index (χ0n) is 50.1. The second kappa shape index (κ2) is 32.8. The van der Waals surface area contributed by atoms with Gasteiger partial charge in [0, 0.05) is 39.5 Å². The molecule has 1 aliphatic rings. The molecule has 79 heavy (non-hydrogen) atoms. The van der Waals surface area contributed by atoms with Crippen LogP contribution in [0.25, 0.3) is 0 Å². The molecule has 0 saturated carbocycles. The first-order chi connectivity index (χ1) is 36.8. The van der Waals surface area contributed by atoms with Gasteiger partial charge in [-0.25, -0.2) is 4.98 Å². The third-order valence-electron chi connectivity index (χ3n) is 13.5. The predicted molar refractivity (Wildman–Crippen MR) is 301 cm³/mol. The van der Waals surface area contributed by atoms with Gasteiger partial charge in [0.2, 0.25) is 53.2 Å². The molecule has 1 aromatic rings. The fourth-order valence-electron chi connectivity index (χ4n) is 8.88. The van der Waals surface area contributed by atoms with E-state index in [2.05, 4.69) is 65.1 Å². The monoisotopic (exact) mass is 1110 g/mol. The van der Waals surface area contributed by atoms with Gasteiger partial charge < -0.3 is 62.5 Å². The van der Waals surface area contributed by atoms with Gasteiger partial charge in [-0.15, -0.1) is 0 Å². The summed E-state index contributed by atoms with van der Waals surface area (Å²) in [5, 5.41) is 27.8. The Labute approximate surface area is 469 Å². The van der Waals surface area contributed by atoms with E-state index in [4.69, 9.17) is 4.42 Å². The molecule has 23 nitrogen and oxygen atoms in total. The largest absolute Gasteiger partial charge is 0.448 e. The summed E-state index contributed by atoms with van der Waals surface area (Å²) < 4.78 is 5.24. The van der Waals surface area contributed by atoms with E-state index in [1.807, 2.05) is 41.5 Å². The first kappa shape index (κ1) is 69.0. The maximum absolute atomic E-state index is 14.3. The Morgan fingerprint density at radius 1 is 0.608 bits per heavy atom. The summed E-state index contributed by atoms with van der Waals surface area (Å²) in [5.41, 5.74) is -4.58. The van der Waals surface area contributed by atoms with E-state index < -0.39 is 100.0 Å². The highest BCUT2D eigenvalue weighted by molar-refractivity contribution is 6.00. The summed E-state index contributed by atoms with van der Waals surface area (Å²) in [6.07, 6.45) is 8.57. The fraction of sp³-hybridized carbons (Fsp3) is 0.768. The Hall–Kier alpha value is -6.13. The number of unbranched alkanes of at least 4 members (excludes halogenated alkanes) is 5. The molecule has 2 heterocycles. The maximum Gasteiger partial charge on any atom is 0.276 e. The Morgan fingerprint density at radius 3 is 1.63 bits per heavy atom. The van der Waals surface area contributed by atoms with Gasteiger partial charge in [-0.05, 0) is 105 Å². The summed E-state index contributed by atoms with van der Waals surface area (Å²) in [7, 11) is 1.76. The number of likely N-dealkylation sites (tertiary alicyclic amines) is 1. The Morgan fingerprint density at radius 2 is 1.11 bits per heavy atom. The molecule has 0 unspecified atom stereocenters. The highest BCUT2D eigenvalue weighted by Gasteiger charge is 2.41. The molecule has 0 spiro atoms. The zero-order valence-corrected chi connectivity index (χ0v) is 50.1. The summed E-state index contributed by atoms with van der Waals surface area (Å²) in [4.78, 5) is 143. The summed E-state index contributed by atoms with van der Waals surface area (Å²) >= 11 is 0. The van der Waals surface area contributed by atoms with Crippen LogP contribution in [-0.2, 0) is 43.2 Å². The van der Waals surface area contributed by atoms with Gasteiger partial charge in [0.15, 0.2) is 11.6 Å². The van der Waals surface area contributed by atoms with Gasteiger partial charge in [-0.2, -0.15) is 0 Å². The molecule has 0 bridgehead atoms. The molecular weight excluding hydrogens is 1020 g/mol. The number of hydrogen-bond donors (Lipinski definition) is 10. The average Bonchev–Trinajstić information content (AvgIpc) is 4.05.